The van der Waals surface area contributed by atoms with E-state index in [0.717, 1.165) is 37.1 Å². The van der Waals surface area contributed by atoms with Crippen molar-refractivity contribution in [2.45, 2.75) is 52.7 Å². The molecule has 0 unspecified atom stereocenters. The summed E-state index contributed by atoms with van der Waals surface area (Å²) in [5, 5.41) is 3.27. The van der Waals surface area contributed by atoms with Crippen molar-refractivity contribution >= 4 is 0 Å². The average Bonchev–Trinajstić information content (AvgIpc) is 2.41. The number of rotatable bonds is 8. The maximum Gasteiger partial charge on any atom is 0.127 e. The molecule has 0 aliphatic carbocycles. The molecule has 2 nitrogen and oxygen atoms in total. The molecule has 0 saturated carbocycles. The molecule has 0 spiro atoms. The topological polar surface area (TPSA) is 15.3 Å². The predicted molar refractivity (Wildman–Crippen MR) is 79.6 cm³/mol. The van der Waals surface area contributed by atoms with Crippen molar-refractivity contribution in [3.05, 3.63) is 35.1 Å². The fourth-order valence-electron chi connectivity index (χ4n) is 2.44. The molecule has 0 aliphatic heterocycles. The van der Waals surface area contributed by atoms with Gasteiger partial charge in [0.25, 0.3) is 0 Å². The van der Waals surface area contributed by atoms with E-state index in [1.54, 1.807) is 6.07 Å². The largest absolute Gasteiger partial charge is 0.313 e. The summed E-state index contributed by atoms with van der Waals surface area (Å²) in [4.78, 5) is 2.25. The van der Waals surface area contributed by atoms with Gasteiger partial charge in [-0.05, 0) is 38.1 Å². The highest BCUT2D eigenvalue weighted by Crippen LogP contribution is 2.16. The Labute approximate surface area is 117 Å². The quantitative estimate of drug-likeness (QED) is 0.774. The van der Waals surface area contributed by atoms with Gasteiger partial charge < -0.3 is 5.32 Å². The summed E-state index contributed by atoms with van der Waals surface area (Å²) in [7, 11) is 2.08. The Morgan fingerprint density at radius 3 is 2.47 bits per heavy atom. The molecule has 1 aromatic rings. The normalized spacial score (nSPS) is 11.5. The van der Waals surface area contributed by atoms with Gasteiger partial charge in [-0.2, -0.15) is 0 Å². The number of nitrogens with one attached hydrogen (secondary N) is 1. The highest BCUT2D eigenvalue weighted by Gasteiger charge is 2.13. The van der Waals surface area contributed by atoms with Gasteiger partial charge in [0, 0.05) is 24.7 Å². The van der Waals surface area contributed by atoms with Crippen molar-refractivity contribution in [3.63, 3.8) is 0 Å². The standard InChI is InChI=1S/C16H27FN2/c1-5-15(6-2)19(4)12-14-10-13(11-18-7-3)8-9-16(14)17/h8-10,15,18H,5-7,11-12H2,1-4H3. The van der Waals surface area contributed by atoms with Crippen molar-refractivity contribution in [1.82, 2.24) is 10.2 Å². The van der Waals surface area contributed by atoms with E-state index < -0.39 is 0 Å². The lowest BCUT2D eigenvalue weighted by Gasteiger charge is -2.26. The van der Waals surface area contributed by atoms with Gasteiger partial charge in [0.05, 0.1) is 0 Å². The minimum Gasteiger partial charge on any atom is -0.313 e. The Bertz CT molecular complexity index is 375. The van der Waals surface area contributed by atoms with E-state index in [9.17, 15) is 4.39 Å². The van der Waals surface area contributed by atoms with Crippen LogP contribution < -0.4 is 5.32 Å². The molecule has 0 amide bonds. The molecule has 19 heavy (non-hydrogen) atoms. The third kappa shape index (κ3) is 4.92. The number of benzene rings is 1. The van der Waals surface area contributed by atoms with Crippen LogP contribution in [-0.4, -0.2) is 24.5 Å². The van der Waals surface area contributed by atoms with Crippen LogP contribution in [0.15, 0.2) is 18.2 Å². The third-order valence-electron chi connectivity index (χ3n) is 3.67. The van der Waals surface area contributed by atoms with Gasteiger partial charge in [0.2, 0.25) is 0 Å². The van der Waals surface area contributed by atoms with Crippen LogP contribution >= 0.6 is 0 Å². The molecule has 0 radical (unpaired) electrons. The fourth-order valence-corrected chi connectivity index (χ4v) is 2.44. The molecular weight excluding hydrogens is 239 g/mol. The average molecular weight is 266 g/mol. The van der Waals surface area contributed by atoms with Crippen LogP contribution in [0.5, 0.6) is 0 Å². The Hall–Kier alpha value is -0.930. The molecule has 0 atom stereocenters. The second kappa shape index (κ2) is 8.28. The van der Waals surface area contributed by atoms with Gasteiger partial charge in [-0.25, -0.2) is 4.39 Å². The number of hydrogen-bond acceptors (Lipinski definition) is 2. The van der Waals surface area contributed by atoms with Gasteiger partial charge in [-0.15, -0.1) is 0 Å². The van der Waals surface area contributed by atoms with Gasteiger partial charge in [-0.3, -0.25) is 4.90 Å². The van der Waals surface area contributed by atoms with Crippen LogP contribution in [0.1, 0.15) is 44.7 Å². The highest BCUT2D eigenvalue weighted by molar-refractivity contribution is 5.25. The van der Waals surface area contributed by atoms with Gasteiger partial charge >= 0.3 is 0 Å². The number of hydrogen-bond donors (Lipinski definition) is 1. The molecule has 0 aromatic heterocycles. The fraction of sp³-hybridized carbons (Fsp3) is 0.625. The lowest BCUT2D eigenvalue weighted by Crippen LogP contribution is -2.30. The second-order valence-electron chi connectivity index (χ2n) is 5.09. The molecule has 0 saturated heterocycles. The van der Waals surface area contributed by atoms with Crippen LogP contribution in [0.25, 0.3) is 0 Å². The Morgan fingerprint density at radius 2 is 1.89 bits per heavy atom. The van der Waals surface area contributed by atoms with E-state index in [1.165, 1.54) is 0 Å². The SMILES string of the molecule is CCNCc1ccc(F)c(CN(C)C(CC)CC)c1. The summed E-state index contributed by atoms with van der Waals surface area (Å²) in [6, 6.07) is 5.95. The maximum absolute atomic E-state index is 13.9. The molecular formula is C16H27FN2. The molecule has 1 N–H and O–H groups in total. The van der Waals surface area contributed by atoms with Crippen LogP contribution in [-0.2, 0) is 13.1 Å². The highest BCUT2D eigenvalue weighted by atomic mass is 19.1. The molecule has 0 fully saturated rings. The van der Waals surface area contributed by atoms with Crippen molar-refractivity contribution in [2.24, 2.45) is 0 Å². The molecule has 1 rings (SSSR count). The summed E-state index contributed by atoms with van der Waals surface area (Å²) in [5.41, 5.74) is 1.95. The third-order valence-corrected chi connectivity index (χ3v) is 3.67. The smallest absolute Gasteiger partial charge is 0.127 e. The molecule has 0 bridgehead atoms. The van der Waals surface area contributed by atoms with E-state index in [4.69, 9.17) is 0 Å². The van der Waals surface area contributed by atoms with Crippen LogP contribution in [0, 0.1) is 5.82 Å². The predicted octanol–water partition coefficient (Wildman–Crippen LogP) is 3.56. The first-order valence-corrected chi connectivity index (χ1v) is 7.30. The molecule has 1 aromatic carbocycles. The summed E-state index contributed by atoms with van der Waals surface area (Å²) in [6.07, 6.45) is 2.21. The molecule has 0 heterocycles. The second-order valence-corrected chi connectivity index (χ2v) is 5.09. The van der Waals surface area contributed by atoms with Crippen molar-refractivity contribution in [1.29, 1.82) is 0 Å². The van der Waals surface area contributed by atoms with Crippen LogP contribution in [0.4, 0.5) is 4.39 Å². The summed E-state index contributed by atoms with van der Waals surface area (Å²) >= 11 is 0. The van der Waals surface area contributed by atoms with Gasteiger partial charge in [-0.1, -0.05) is 32.9 Å². The minimum atomic E-state index is -0.0990. The lowest BCUT2D eigenvalue weighted by atomic mass is 10.1. The van der Waals surface area contributed by atoms with Crippen molar-refractivity contribution in [3.8, 4) is 0 Å². The first kappa shape index (κ1) is 16.1. The Kier molecular flexibility index (Phi) is 7.03. The van der Waals surface area contributed by atoms with Crippen molar-refractivity contribution in [2.75, 3.05) is 13.6 Å². The van der Waals surface area contributed by atoms with E-state index >= 15 is 0 Å². The van der Waals surface area contributed by atoms with Crippen LogP contribution in [0.3, 0.4) is 0 Å². The zero-order chi connectivity index (χ0) is 14.3. The molecule has 0 aliphatic rings. The van der Waals surface area contributed by atoms with E-state index in [1.807, 2.05) is 12.1 Å². The van der Waals surface area contributed by atoms with E-state index in [2.05, 4.69) is 38.0 Å². The lowest BCUT2D eigenvalue weighted by molar-refractivity contribution is 0.219. The Balaban J connectivity index is 2.75. The monoisotopic (exact) mass is 266 g/mol. The van der Waals surface area contributed by atoms with Gasteiger partial charge in [0.15, 0.2) is 0 Å². The summed E-state index contributed by atoms with van der Waals surface area (Å²) in [6.45, 7) is 8.85. The minimum absolute atomic E-state index is 0.0990. The maximum atomic E-state index is 13.9. The zero-order valence-electron chi connectivity index (χ0n) is 12.7. The van der Waals surface area contributed by atoms with Crippen LogP contribution in [0.2, 0.25) is 0 Å². The molecule has 3 heteroatoms. The van der Waals surface area contributed by atoms with Gasteiger partial charge in [0.1, 0.15) is 5.82 Å². The molecule has 108 valence electrons. The Morgan fingerprint density at radius 1 is 1.21 bits per heavy atom. The van der Waals surface area contributed by atoms with E-state index in [-0.39, 0.29) is 5.82 Å². The number of halogens is 1. The number of nitrogens with zero attached hydrogens (tertiary/aromatic N) is 1. The first-order valence-electron chi connectivity index (χ1n) is 7.30. The first-order chi connectivity index (χ1) is 9.12. The van der Waals surface area contributed by atoms with E-state index in [0.29, 0.717) is 12.6 Å². The zero-order valence-corrected chi connectivity index (χ0v) is 12.7. The summed E-state index contributed by atoms with van der Waals surface area (Å²) < 4.78 is 13.9. The van der Waals surface area contributed by atoms with Crippen molar-refractivity contribution < 1.29 is 4.39 Å². The summed E-state index contributed by atoms with van der Waals surface area (Å²) in [5.74, 6) is -0.0990.